The Hall–Kier alpha value is -1.63. The van der Waals surface area contributed by atoms with Gasteiger partial charge in [-0.15, -0.1) is 0 Å². The molecule has 1 heterocycles. The monoisotopic (exact) mass is 179 g/mol. The Kier molecular flexibility index (Phi) is 1.63. The Bertz CT molecular complexity index is 512. The first-order valence-electron chi connectivity index (χ1n) is 4.73. The van der Waals surface area contributed by atoms with Crippen molar-refractivity contribution < 1.29 is 0 Å². The largest absolute Gasteiger partial charge is 0.256 e. The molecule has 2 radical (unpaired) electrons. The summed E-state index contributed by atoms with van der Waals surface area (Å²) in [4.78, 5) is 4.40. The van der Waals surface area contributed by atoms with Crippen molar-refractivity contribution in [3.8, 4) is 0 Å². The van der Waals surface area contributed by atoms with E-state index < -0.39 is 0 Å². The Labute approximate surface area is 83.1 Å². The van der Waals surface area contributed by atoms with E-state index in [4.69, 9.17) is 0 Å². The topological polar surface area (TPSA) is 12.9 Å². The second kappa shape index (κ2) is 2.95. The Morgan fingerprint density at radius 1 is 1.21 bits per heavy atom. The van der Waals surface area contributed by atoms with Gasteiger partial charge in [-0.1, -0.05) is 30.3 Å². The number of hydrogen-bond acceptors (Lipinski definition) is 1. The van der Waals surface area contributed by atoms with Gasteiger partial charge in [0, 0.05) is 18.0 Å². The van der Waals surface area contributed by atoms with E-state index in [2.05, 4.69) is 41.8 Å². The lowest BCUT2D eigenvalue weighted by atomic mass is 9.96. The maximum atomic E-state index is 4.40. The molecule has 1 aliphatic carbocycles. The summed E-state index contributed by atoms with van der Waals surface area (Å²) in [6.07, 6.45) is 10.3. The van der Waals surface area contributed by atoms with Gasteiger partial charge >= 0.3 is 0 Å². The normalized spacial score (nSPS) is 14.3. The highest BCUT2D eigenvalue weighted by atomic mass is 14.7. The van der Waals surface area contributed by atoms with Crippen molar-refractivity contribution in [3.05, 3.63) is 54.2 Å². The van der Waals surface area contributed by atoms with Crippen LogP contribution in [0.1, 0.15) is 17.7 Å². The maximum Gasteiger partial charge on any atom is 0.0671 e. The van der Waals surface area contributed by atoms with Crippen molar-refractivity contribution in [1.82, 2.24) is 4.98 Å². The van der Waals surface area contributed by atoms with Crippen LogP contribution < -0.4 is 0 Å². The van der Waals surface area contributed by atoms with Crippen LogP contribution in [0.25, 0.3) is 16.8 Å². The van der Waals surface area contributed by atoms with Gasteiger partial charge in [0.1, 0.15) is 0 Å². The van der Waals surface area contributed by atoms with Crippen LogP contribution in [0.3, 0.4) is 0 Å². The van der Waals surface area contributed by atoms with Crippen LogP contribution in [-0.4, -0.2) is 4.98 Å². The summed E-state index contributed by atoms with van der Waals surface area (Å²) in [6.45, 7) is 0. The molecule has 0 fully saturated rings. The van der Waals surface area contributed by atoms with Crippen molar-refractivity contribution in [2.24, 2.45) is 0 Å². The number of hydrogen-bond donors (Lipinski definition) is 0. The summed E-state index contributed by atoms with van der Waals surface area (Å²) >= 11 is 0. The van der Waals surface area contributed by atoms with Gasteiger partial charge in [0.25, 0.3) is 0 Å². The molecule has 0 N–H and O–H groups in total. The van der Waals surface area contributed by atoms with Gasteiger partial charge in [-0.2, -0.15) is 0 Å². The summed E-state index contributed by atoms with van der Waals surface area (Å²) in [5, 5.41) is 2.44. The lowest BCUT2D eigenvalue weighted by molar-refractivity contribution is 1.17. The van der Waals surface area contributed by atoms with Crippen LogP contribution >= 0.6 is 0 Å². The van der Waals surface area contributed by atoms with E-state index in [1.54, 1.807) is 0 Å². The van der Waals surface area contributed by atoms with Gasteiger partial charge in [-0.3, -0.25) is 4.98 Å². The maximum absolute atomic E-state index is 4.40. The van der Waals surface area contributed by atoms with Crippen molar-refractivity contribution >= 4 is 16.8 Å². The smallest absolute Gasteiger partial charge is 0.0671 e. The van der Waals surface area contributed by atoms with E-state index in [0.717, 1.165) is 17.7 Å². The van der Waals surface area contributed by atoms with E-state index in [0.29, 0.717) is 0 Å². The molecule has 2 aromatic rings. The highest BCUT2D eigenvalue weighted by Crippen LogP contribution is 2.26. The first-order chi connectivity index (χ1) is 6.95. The molecule has 1 aliphatic rings. The number of aromatic nitrogens is 1. The van der Waals surface area contributed by atoms with Gasteiger partial charge in [0.2, 0.25) is 0 Å². The molecular formula is C13H9N. The van der Waals surface area contributed by atoms with Crippen molar-refractivity contribution in [2.75, 3.05) is 0 Å². The Balaban J connectivity index is 2.41. The molecule has 66 valence electrons. The zero-order valence-corrected chi connectivity index (χ0v) is 7.70. The molecule has 1 nitrogen and oxygen atoms in total. The first-order valence-corrected chi connectivity index (χ1v) is 4.73. The van der Waals surface area contributed by atoms with Crippen LogP contribution in [0.15, 0.2) is 36.5 Å². The van der Waals surface area contributed by atoms with Crippen molar-refractivity contribution in [1.29, 1.82) is 0 Å². The third-order valence-corrected chi connectivity index (χ3v) is 2.50. The average Bonchev–Trinajstić information content (AvgIpc) is 2.29. The molecule has 1 aromatic carbocycles. The summed E-state index contributed by atoms with van der Waals surface area (Å²) < 4.78 is 0. The van der Waals surface area contributed by atoms with Crippen molar-refractivity contribution in [2.45, 2.75) is 6.42 Å². The molecule has 0 unspecified atom stereocenters. The molecule has 3 rings (SSSR count). The zero-order chi connectivity index (χ0) is 9.38. The summed E-state index contributed by atoms with van der Waals surface area (Å²) in [6, 6.07) is 8.31. The molecule has 0 saturated heterocycles. The first kappa shape index (κ1) is 7.74. The second-order valence-electron chi connectivity index (χ2n) is 3.39. The van der Waals surface area contributed by atoms with E-state index in [9.17, 15) is 0 Å². The zero-order valence-electron chi connectivity index (χ0n) is 7.70. The number of pyridine rings is 1. The third-order valence-electron chi connectivity index (χ3n) is 2.50. The third kappa shape index (κ3) is 1.06. The minimum atomic E-state index is 0.892. The number of nitrogens with zero attached hydrogens (tertiary/aromatic N) is 1. The Morgan fingerprint density at radius 3 is 3.14 bits per heavy atom. The highest BCUT2D eigenvalue weighted by molar-refractivity contribution is 5.88. The van der Waals surface area contributed by atoms with Gasteiger partial charge in [0.15, 0.2) is 0 Å². The average molecular weight is 179 g/mol. The summed E-state index contributed by atoms with van der Waals surface area (Å²) in [5.41, 5.74) is 2.19. The highest BCUT2D eigenvalue weighted by Gasteiger charge is 2.09. The van der Waals surface area contributed by atoms with Gasteiger partial charge in [-0.25, -0.2) is 0 Å². The summed E-state index contributed by atoms with van der Waals surface area (Å²) in [7, 11) is 0. The SMILES string of the molecule is [C]1CC=Cc2ncc3ccccc3c21. The molecule has 1 aromatic heterocycles. The van der Waals surface area contributed by atoms with Crippen molar-refractivity contribution in [3.63, 3.8) is 0 Å². The Morgan fingerprint density at radius 2 is 2.14 bits per heavy atom. The standard InChI is InChI=1S/C13H9N/c1-2-6-11-10(5-1)9-14-13-8-4-3-7-12(11)13/h1-2,4-6,8-9H,3H2. The van der Waals surface area contributed by atoms with E-state index in [1.807, 2.05) is 12.3 Å². The molecule has 0 aliphatic heterocycles. The number of fused-ring (bicyclic) bond motifs is 3. The predicted octanol–water partition coefficient (Wildman–Crippen LogP) is 3.08. The molecule has 0 saturated carbocycles. The molecule has 0 spiro atoms. The van der Waals surface area contributed by atoms with Crippen LogP contribution in [0, 0.1) is 6.42 Å². The van der Waals surface area contributed by atoms with E-state index >= 15 is 0 Å². The van der Waals surface area contributed by atoms with Gasteiger partial charge in [0.05, 0.1) is 5.69 Å². The lowest BCUT2D eigenvalue weighted by Gasteiger charge is -2.11. The fourth-order valence-electron chi connectivity index (χ4n) is 1.82. The molecule has 0 atom stereocenters. The molecular weight excluding hydrogens is 170 g/mol. The molecule has 14 heavy (non-hydrogen) atoms. The number of benzene rings is 1. The van der Waals surface area contributed by atoms with E-state index in [1.165, 1.54) is 10.8 Å². The van der Waals surface area contributed by atoms with E-state index in [-0.39, 0.29) is 0 Å². The molecule has 0 amide bonds. The fraction of sp³-hybridized carbons (Fsp3) is 0.0769. The van der Waals surface area contributed by atoms with Crippen LogP contribution in [-0.2, 0) is 0 Å². The number of rotatable bonds is 0. The minimum absolute atomic E-state index is 0.892. The van der Waals surface area contributed by atoms with Crippen LogP contribution in [0.2, 0.25) is 0 Å². The van der Waals surface area contributed by atoms with Crippen LogP contribution in [0.4, 0.5) is 0 Å². The van der Waals surface area contributed by atoms with Crippen LogP contribution in [0.5, 0.6) is 0 Å². The van der Waals surface area contributed by atoms with Gasteiger partial charge < -0.3 is 0 Å². The second-order valence-corrected chi connectivity index (χ2v) is 3.39. The minimum Gasteiger partial charge on any atom is -0.256 e. The molecule has 0 bridgehead atoms. The summed E-state index contributed by atoms with van der Waals surface area (Å²) in [5.74, 6) is 0. The number of allylic oxidation sites excluding steroid dienone is 1. The van der Waals surface area contributed by atoms with Gasteiger partial charge in [-0.05, 0) is 23.4 Å². The lowest BCUT2D eigenvalue weighted by Crippen LogP contribution is -1.96. The predicted molar refractivity (Wildman–Crippen MR) is 57.7 cm³/mol. The quantitative estimate of drug-likeness (QED) is 0.605. The fourth-order valence-corrected chi connectivity index (χ4v) is 1.82. The molecule has 1 heteroatoms.